The van der Waals surface area contributed by atoms with Crippen molar-refractivity contribution in [2.75, 3.05) is 18.2 Å². The highest BCUT2D eigenvalue weighted by Crippen LogP contribution is 2.37. The topological polar surface area (TPSA) is 109 Å². The van der Waals surface area contributed by atoms with Gasteiger partial charge in [-0.25, -0.2) is 0 Å². The number of aromatic nitrogens is 1. The van der Waals surface area contributed by atoms with Crippen LogP contribution < -0.4 is 5.73 Å². The molecule has 30 heavy (non-hydrogen) atoms. The summed E-state index contributed by atoms with van der Waals surface area (Å²) in [6.07, 6.45) is 0.930. The minimum absolute atomic E-state index is 0.0291. The van der Waals surface area contributed by atoms with E-state index in [0.717, 1.165) is 12.0 Å². The van der Waals surface area contributed by atoms with Crippen LogP contribution in [0, 0.1) is 11.3 Å². The van der Waals surface area contributed by atoms with Crippen LogP contribution >= 0.6 is 11.8 Å². The van der Waals surface area contributed by atoms with Gasteiger partial charge < -0.3 is 15.4 Å². The van der Waals surface area contributed by atoms with E-state index in [2.05, 4.69) is 24.9 Å². The Balaban J connectivity index is 1.65. The fourth-order valence-corrected chi connectivity index (χ4v) is 5.25. The number of hydrogen-bond donors (Lipinski definition) is 1. The number of carbonyl (C=O) groups excluding carboxylic acids is 2. The Hall–Kier alpha value is -2.63. The SMILES string of the molecule is CC1(C)CC(c2ccc3nc(CC(=O)N4CSC[C@H]4C#N)cc(C(N)=O)c3c2)CO1. The van der Waals surface area contributed by atoms with E-state index in [9.17, 15) is 14.9 Å². The third-order valence-electron chi connectivity index (χ3n) is 5.72. The second kappa shape index (κ2) is 7.89. The highest BCUT2D eigenvalue weighted by molar-refractivity contribution is 7.99. The van der Waals surface area contributed by atoms with Crippen molar-refractivity contribution < 1.29 is 14.3 Å². The summed E-state index contributed by atoms with van der Waals surface area (Å²) in [6, 6.07) is 9.19. The van der Waals surface area contributed by atoms with Crippen LogP contribution in [0.5, 0.6) is 0 Å². The number of thioether (sulfide) groups is 1. The number of pyridine rings is 1. The maximum Gasteiger partial charge on any atom is 0.249 e. The molecule has 7 nitrogen and oxygen atoms in total. The van der Waals surface area contributed by atoms with Crippen LogP contribution in [0.25, 0.3) is 10.9 Å². The zero-order chi connectivity index (χ0) is 21.5. The molecule has 1 aromatic carbocycles. The maximum atomic E-state index is 12.7. The van der Waals surface area contributed by atoms with Gasteiger partial charge in [-0.2, -0.15) is 5.26 Å². The van der Waals surface area contributed by atoms with Gasteiger partial charge >= 0.3 is 0 Å². The van der Waals surface area contributed by atoms with E-state index in [1.165, 1.54) is 0 Å². The Morgan fingerprint density at radius 2 is 2.20 bits per heavy atom. The predicted molar refractivity (Wildman–Crippen MR) is 115 cm³/mol. The van der Waals surface area contributed by atoms with Crippen molar-refractivity contribution in [2.45, 2.75) is 44.2 Å². The van der Waals surface area contributed by atoms with Crippen LogP contribution in [0.4, 0.5) is 0 Å². The van der Waals surface area contributed by atoms with Gasteiger partial charge in [0.25, 0.3) is 0 Å². The molecular formula is C22H24N4O3S. The monoisotopic (exact) mass is 424 g/mol. The zero-order valence-electron chi connectivity index (χ0n) is 17.1. The highest BCUT2D eigenvalue weighted by atomic mass is 32.2. The fourth-order valence-electron chi connectivity index (χ4n) is 4.15. The number of amides is 2. The summed E-state index contributed by atoms with van der Waals surface area (Å²) in [4.78, 5) is 31.0. The second-order valence-electron chi connectivity index (χ2n) is 8.46. The first kappa shape index (κ1) is 20.6. The number of hydrogen-bond acceptors (Lipinski definition) is 6. The van der Waals surface area contributed by atoms with Crippen molar-refractivity contribution >= 4 is 34.5 Å². The number of nitrogens with zero attached hydrogens (tertiary/aromatic N) is 3. The van der Waals surface area contributed by atoms with E-state index in [-0.39, 0.29) is 23.8 Å². The number of primary amides is 1. The molecule has 2 fully saturated rings. The molecular weight excluding hydrogens is 400 g/mol. The number of rotatable bonds is 4. The molecule has 0 radical (unpaired) electrons. The van der Waals surface area contributed by atoms with Crippen molar-refractivity contribution in [3.05, 3.63) is 41.1 Å². The molecule has 156 valence electrons. The Morgan fingerprint density at radius 1 is 1.40 bits per heavy atom. The molecule has 2 aliphatic heterocycles. The number of benzene rings is 1. The van der Waals surface area contributed by atoms with Gasteiger partial charge in [0.05, 0.1) is 47.3 Å². The molecule has 8 heteroatoms. The molecule has 2 aliphatic rings. The van der Waals surface area contributed by atoms with Crippen molar-refractivity contribution in [3.8, 4) is 6.07 Å². The van der Waals surface area contributed by atoms with E-state index >= 15 is 0 Å². The maximum absolute atomic E-state index is 12.7. The average Bonchev–Trinajstić information content (AvgIpc) is 3.32. The van der Waals surface area contributed by atoms with Crippen molar-refractivity contribution in [1.29, 1.82) is 5.26 Å². The highest BCUT2D eigenvalue weighted by Gasteiger charge is 2.33. The molecule has 2 aromatic rings. The average molecular weight is 425 g/mol. The first-order valence-electron chi connectivity index (χ1n) is 9.91. The Labute approximate surface area is 179 Å². The quantitative estimate of drug-likeness (QED) is 0.808. The van der Waals surface area contributed by atoms with Gasteiger partial charge in [0.2, 0.25) is 11.8 Å². The number of nitrogens with two attached hydrogens (primary N) is 1. The Kier molecular flexibility index (Phi) is 5.43. The number of carbonyl (C=O) groups is 2. The van der Waals surface area contributed by atoms with Crippen molar-refractivity contribution in [1.82, 2.24) is 9.88 Å². The number of nitriles is 1. The van der Waals surface area contributed by atoms with E-state index in [0.29, 0.717) is 40.4 Å². The summed E-state index contributed by atoms with van der Waals surface area (Å²) in [7, 11) is 0. The minimum atomic E-state index is -0.553. The second-order valence-corrected chi connectivity index (χ2v) is 9.46. The molecule has 4 rings (SSSR count). The molecule has 3 heterocycles. The summed E-state index contributed by atoms with van der Waals surface area (Å²) >= 11 is 1.56. The summed E-state index contributed by atoms with van der Waals surface area (Å²) in [6.45, 7) is 4.78. The molecule has 2 N–H and O–H groups in total. The first-order chi connectivity index (χ1) is 14.3. The summed E-state index contributed by atoms with van der Waals surface area (Å²) < 4.78 is 5.85. The minimum Gasteiger partial charge on any atom is -0.375 e. The lowest BCUT2D eigenvalue weighted by molar-refractivity contribution is -0.130. The molecule has 0 bridgehead atoms. The summed E-state index contributed by atoms with van der Waals surface area (Å²) in [5.74, 6) is 0.640. The van der Waals surface area contributed by atoms with Gasteiger partial charge in [-0.1, -0.05) is 6.07 Å². The van der Waals surface area contributed by atoms with E-state index in [1.54, 1.807) is 22.7 Å². The number of fused-ring (bicyclic) bond motifs is 1. The van der Waals surface area contributed by atoms with Gasteiger partial charge in [-0.15, -0.1) is 11.8 Å². The Morgan fingerprint density at radius 3 is 2.87 bits per heavy atom. The molecule has 1 unspecified atom stereocenters. The largest absolute Gasteiger partial charge is 0.375 e. The molecule has 0 spiro atoms. The van der Waals surface area contributed by atoms with Gasteiger partial charge in [0.1, 0.15) is 6.04 Å². The smallest absolute Gasteiger partial charge is 0.249 e. The molecule has 2 amide bonds. The standard InChI is InChI=1S/C22H24N4O3S/c1-22(2)8-14(10-29-22)13-3-4-19-17(5-13)18(21(24)28)6-15(25-19)7-20(27)26-12-30-11-16(26)9-23/h3-6,14,16H,7-8,10-12H2,1-2H3,(H2,24,28)/t14?,16-/m1/s1. The fraction of sp³-hybridized carbons (Fsp3) is 0.455. The van der Waals surface area contributed by atoms with E-state index < -0.39 is 11.9 Å². The van der Waals surface area contributed by atoms with Gasteiger partial charge in [-0.3, -0.25) is 14.6 Å². The number of ether oxygens (including phenoxy) is 1. The molecule has 0 saturated carbocycles. The van der Waals surface area contributed by atoms with Crippen LogP contribution in [0.1, 0.15) is 47.8 Å². The summed E-state index contributed by atoms with van der Waals surface area (Å²) in [5, 5.41) is 9.90. The van der Waals surface area contributed by atoms with Crippen LogP contribution in [-0.2, 0) is 16.0 Å². The summed E-state index contributed by atoms with van der Waals surface area (Å²) in [5.41, 5.74) is 8.05. The lowest BCUT2D eigenvalue weighted by Gasteiger charge is -2.18. The first-order valence-corrected chi connectivity index (χ1v) is 11.1. The third-order valence-corrected chi connectivity index (χ3v) is 6.73. The van der Waals surface area contributed by atoms with Gasteiger partial charge in [-0.05, 0) is 44.0 Å². The van der Waals surface area contributed by atoms with Crippen molar-refractivity contribution in [2.24, 2.45) is 5.73 Å². The van der Waals surface area contributed by atoms with Gasteiger partial charge in [0, 0.05) is 17.1 Å². The van der Waals surface area contributed by atoms with Crippen LogP contribution in [0.2, 0.25) is 0 Å². The third kappa shape index (κ3) is 4.00. The molecule has 0 aliphatic carbocycles. The predicted octanol–water partition coefficient (Wildman–Crippen LogP) is 2.58. The van der Waals surface area contributed by atoms with E-state index in [4.69, 9.17) is 10.5 Å². The Bertz CT molecular complexity index is 1060. The molecule has 2 atom stereocenters. The van der Waals surface area contributed by atoms with E-state index in [1.807, 2.05) is 18.2 Å². The molecule has 1 aromatic heterocycles. The van der Waals surface area contributed by atoms with Crippen molar-refractivity contribution in [3.63, 3.8) is 0 Å². The van der Waals surface area contributed by atoms with Gasteiger partial charge in [0.15, 0.2) is 0 Å². The lowest BCUT2D eigenvalue weighted by Crippen LogP contribution is -2.36. The van der Waals surface area contributed by atoms with Crippen LogP contribution in [0.15, 0.2) is 24.3 Å². The zero-order valence-corrected chi connectivity index (χ0v) is 17.9. The van der Waals surface area contributed by atoms with Crippen LogP contribution in [0.3, 0.4) is 0 Å². The van der Waals surface area contributed by atoms with Crippen LogP contribution in [-0.4, -0.2) is 51.6 Å². The lowest BCUT2D eigenvalue weighted by atomic mass is 9.90. The normalized spacial score (nSPS) is 22.9. The molecule has 2 saturated heterocycles.